The van der Waals surface area contributed by atoms with Crippen LogP contribution in [0.4, 0.5) is 0 Å². The van der Waals surface area contributed by atoms with Gasteiger partial charge in [-0.25, -0.2) is 4.99 Å². The minimum atomic E-state index is -0.183. The molecule has 0 spiro atoms. The number of carbonyl (C=O) groups is 1. The molecule has 2 aliphatic rings. The summed E-state index contributed by atoms with van der Waals surface area (Å²) in [6.07, 6.45) is 0. The Balaban J connectivity index is 1.94. The van der Waals surface area contributed by atoms with Crippen molar-refractivity contribution in [2.45, 2.75) is 13.0 Å². The summed E-state index contributed by atoms with van der Waals surface area (Å²) in [5.41, 5.74) is 5.12. The van der Waals surface area contributed by atoms with Crippen molar-refractivity contribution in [1.82, 2.24) is 10.2 Å². The number of hydrogen-bond acceptors (Lipinski definition) is 5. The molecule has 0 fully saturated rings. The molecule has 0 aromatic heterocycles. The molecular weight excluding hydrogens is 326 g/mol. The van der Waals surface area contributed by atoms with Crippen LogP contribution in [0.15, 0.2) is 53.2 Å². The largest absolute Gasteiger partial charge is 0.497 e. The van der Waals surface area contributed by atoms with E-state index in [4.69, 9.17) is 9.73 Å². The van der Waals surface area contributed by atoms with Crippen LogP contribution in [0.2, 0.25) is 0 Å². The Hall–Kier alpha value is -3.08. The fourth-order valence-electron chi connectivity index (χ4n) is 3.57. The van der Waals surface area contributed by atoms with E-state index in [-0.39, 0.29) is 11.8 Å². The molecular formula is C21H21N3O2. The van der Waals surface area contributed by atoms with Crippen molar-refractivity contribution in [3.05, 3.63) is 70.4 Å². The van der Waals surface area contributed by atoms with Crippen LogP contribution >= 0.6 is 0 Å². The van der Waals surface area contributed by atoms with Crippen LogP contribution < -0.4 is 10.1 Å². The second kappa shape index (κ2) is 6.02. The molecule has 0 saturated carbocycles. The second-order valence-corrected chi connectivity index (χ2v) is 6.76. The summed E-state index contributed by atoms with van der Waals surface area (Å²) in [4.78, 5) is 20.1. The molecule has 4 rings (SSSR count). The molecule has 1 aliphatic carbocycles. The summed E-state index contributed by atoms with van der Waals surface area (Å²) in [7, 11) is 5.52. The third-order valence-electron chi connectivity index (χ3n) is 4.89. The molecule has 2 aromatic carbocycles. The summed E-state index contributed by atoms with van der Waals surface area (Å²) in [6, 6.07) is 13.3. The van der Waals surface area contributed by atoms with Crippen LogP contribution in [0.1, 0.15) is 33.1 Å². The molecule has 0 radical (unpaired) electrons. The Morgan fingerprint density at radius 2 is 1.88 bits per heavy atom. The number of guanidine groups is 1. The number of ether oxygens (including phenoxy) is 1. The lowest BCUT2D eigenvalue weighted by Crippen LogP contribution is -2.33. The standard InChI is InChI=1S/C21H21N3O2/c1-12-11-13(26-4)9-10-14(12)17-19-18(22-21(23-19)24(2)3)15-7-5-6-8-16(15)20(17)25/h5-11,18H,1-4H3,(H,22,23). The van der Waals surface area contributed by atoms with E-state index in [9.17, 15) is 4.79 Å². The van der Waals surface area contributed by atoms with Gasteiger partial charge in [0.25, 0.3) is 0 Å². The van der Waals surface area contributed by atoms with Gasteiger partial charge in [-0.1, -0.05) is 30.3 Å². The summed E-state index contributed by atoms with van der Waals surface area (Å²) in [5.74, 6) is 1.57. The topological polar surface area (TPSA) is 53.9 Å². The minimum Gasteiger partial charge on any atom is -0.497 e. The van der Waals surface area contributed by atoms with Crippen LogP contribution in [0.25, 0.3) is 5.57 Å². The van der Waals surface area contributed by atoms with E-state index >= 15 is 0 Å². The SMILES string of the molecule is COc1ccc(C2=C3NC(N(C)C)=NC3c3ccccc3C2=O)c(C)c1. The summed E-state index contributed by atoms with van der Waals surface area (Å²) in [6.45, 7) is 2.00. The lowest BCUT2D eigenvalue weighted by molar-refractivity contribution is 0.105. The summed E-state index contributed by atoms with van der Waals surface area (Å²) in [5, 5.41) is 3.37. The Morgan fingerprint density at radius 3 is 2.58 bits per heavy atom. The first-order chi connectivity index (χ1) is 12.5. The average molecular weight is 347 g/mol. The van der Waals surface area contributed by atoms with Crippen LogP contribution in [-0.2, 0) is 0 Å². The maximum atomic E-state index is 13.3. The quantitative estimate of drug-likeness (QED) is 0.907. The van der Waals surface area contributed by atoms with Gasteiger partial charge in [0, 0.05) is 19.7 Å². The molecule has 132 valence electrons. The average Bonchev–Trinajstić information content (AvgIpc) is 3.08. The number of hydrogen-bond donors (Lipinski definition) is 1. The van der Waals surface area contributed by atoms with Crippen molar-refractivity contribution in [2.24, 2.45) is 4.99 Å². The third kappa shape index (κ3) is 2.39. The number of carbonyl (C=O) groups excluding carboxylic acids is 1. The molecule has 1 atom stereocenters. The van der Waals surface area contributed by atoms with Gasteiger partial charge < -0.3 is 15.0 Å². The smallest absolute Gasteiger partial charge is 0.198 e. The first kappa shape index (κ1) is 16.4. The van der Waals surface area contributed by atoms with Crippen LogP contribution in [0.5, 0.6) is 5.75 Å². The molecule has 1 aliphatic heterocycles. The lowest BCUT2D eigenvalue weighted by Gasteiger charge is -2.25. The number of aliphatic imine (C=N–C) groups is 1. The number of Topliss-reactive ketones (excluding diaryl/α,β-unsaturated/α-hetero) is 1. The number of benzene rings is 2. The highest BCUT2D eigenvalue weighted by molar-refractivity contribution is 6.32. The fraction of sp³-hybridized carbons (Fsp3) is 0.238. The number of fused-ring (bicyclic) bond motifs is 3. The second-order valence-electron chi connectivity index (χ2n) is 6.76. The number of methoxy groups -OCH3 is 1. The first-order valence-corrected chi connectivity index (χ1v) is 8.56. The van der Waals surface area contributed by atoms with Crippen molar-refractivity contribution >= 4 is 17.3 Å². The number of nitrogens with one attached hydrogen (secondary N) is 1. The summed E-state index contributed by atoms with van der Waals surface area (Å²) < 4.78 is 5.31. The highest BCUT2D eigenvalue weighted by Gasteiger charge is 2.38. The van der Waals surface area contributed by atoms with Gasteiger partial charge in [0.1, 0.15) is 11.8 Å². The third-order valence-corrected chi connectivity index (χ3v) is 4.89. The van der Waals surface area contributed by atoms with Gasteiger partial charge in [0.15, 0.2) is 11.7 Å². The molecule has 1 heterocycles. The molecule has 5 heteroatoms. The highest BCUT2D eigenvalue weighted by atomic mass is 16.5. The van der Waals surface area contributed by atoms with Crippen molar-refractivity contribution in [2.75, 3.05) is 21.2 Å². The van der Waals surface area contributed by atoms with Gasteiger partial charge in [0.05, 0.1) is 18.4 Å². The fourth-order valence-corrected chi connectivity index (χ4v) is 3.57. The zero-order valence-corrected chi connectivity index (χ0v) is 15.3. The number of allylic oxidation sites excluding steroid dienone is 1. The van der Waals surface area contributed by atoms with E-state index < -0.39 is 0 Å². The molecule has 0 saturated heterocycles. The highest BCUT2D eigenvalue weighted by Crippen LogP contribution is 2.42. The first-order valence-electron chi connectivity index (χ1n) is 8.56. The Morgan fingerprint density at radius 1 is 1.12 bits per heavy atom. The predicted octanol–water partition coefficient (Wildman–Crippen LogP) is 3.17. The lowest BCUT2D eigenvalue weighted by atomic mass is 9.81. The monoisotopic (exact) mass is 347 g/mol. The van der Waals surface area contributed by atoms with Gasteiger partial charge in [-0.2, -0.15) is 0 Å². The molecule has 26 heavy (non-hydrogen) atoms. The number of rotatable bonds is 2. The van der Waals surface area contributed by atoms with Gasteiger partial charge in [0.2, 0.25) is 0 Å². The zero-order chi connectivity index (χ0) is 18.4. The minimum absolute atomic E-state index is 0.0304. The normalized spacial score (nSPS) is 18.1. The summed E-state index contributed by atoms with van der Waals surface area (Å²) >= 11 is 0. The maximum absolute atomic E-state index is 13.3. The number of nitrogens with zero attached hydrogens (tertiary/aromatic N) is 2. The zero-order valence-electron chi connectivity index (χ0n) is 15.3. The van der Waals surface area contributed by atoms with Gasteiger partial charge in [-0.05, 0) is 35.7 Å². The molecule has 0 bridgehead atoms. The van der Waals surface area contributed by atoms with E-state index in [1.165, 1.54) is 0 Å². The van der Waals surface area contributed by atoms with Crippen molar-refractivity contribution in [1.29, 1.82) is 0 Å². The van der Waals surface area contributed by atoms with Crippen molar-refractivity contribution in [3.63, 3.8) is 0 Å². The van der Waals surface area contributed by atoms with E-state index in [2.05, 4.69) is 5.32 Å². The Kier molecular flexibility index (Phi) is 3.80. The van der Waals surface area contributed by atoms with Crippen LogP contribution in [0, 0.1) is 6.92 Å². The van der Waals surface area contributed by atoms with Crippen LogP contribution in [-0.4, -0.2) is 37.8 Å². The van der Waals surface area contributed by atoms with Crippen molar-refractivity contribution < 1.29 is 9.53 Å². The maximum Gasteiger partial charge on any atom is 0.198 e. The molecule has 0 amide bonds. The van der Waals surface area contributed by atoms with Gasteiger partial charge in [-0.15, -0.1) is 0 Å². The van der Waals surface area contributed by atoms with E-state index in [1.807, 2.05) is 68.4 Å². The Bertz CT molecular complexity index is 973. The molecule has 5 nitrogen and oxygen atoms in total. The van der Waals surface area contributed by atoms with Gasteiger partial charge in [-0.3, -0.25) is 4.79 Å². The number of ketones is 1. The van der Waals surface area contributed by atoms with E-state index in [0.29, 0.717) is 5.57 Å². The molecule has 1 N–H and O–H groups in total. The molecule has 2 aromatic rings. The predicted molar refractivity (Wildman–Crippen MR) is 102 cm³/mol. The molecule has 1 unspecified atom stereocenters. The van der Waals surface area contributed by atoms with Crippen LogP contribution in [0.3, 0.4) is 0 Å². The van der Waals surface area contributed by atoms with Crippen molar-refractivity contribution in [3.8, 4) is 5.75 Å². The van der Waals surface area contributed by atoms with Gasteiger partial charge >= 0.3 is 0 Å². The number of aryl methyl sites for hydroxylation is 1. The van der Waals surface area contributed by atoms with E-state index in [0.717, 1.165) is 39.7 Å². The Labute approximate surface area is 153 Å². The van der Waals surface area contributed by atoms with E-state index in [1.54, 1.807) is 7.11 Å².